The van der Waals surface area contributed by atoms with E-state index in [9.17, 15) is 13.2 Å². The van der Waals surface area contributed by atoms with Crippen molar-refractivity contribution < 1.29 is 13.2 Å². The Hall–Kier alpha value is -1.94. The smallest absolute Gasteiger partial charge is 0.246 e. The zero-order valence-corrected chi connectivity index (χ0v) is 19.2. The number of sulfonamides is 1. The third-order valence-electron chi connectivity index (χ3n) is 6.06. The predicted octanol–water partition coefficient (Wildman–Crippen LogP) is 1.82. The molecule has 2 saturated heterocycles. The van der Waals surface area contributed by atoms with Crippen LogP contribution in [0.3, 0.4) is 0 Å². The van der Waals surface area contributed by atoms with E-state index in [4.69, 9.17) is 11.6 Å². The Morgan fingerprint density at radius 1 is 1.13 bits per heavy atom. The Labute approximate surface area is 188 Å². The van der Waals surface area contributed by atoms with Crippen LogP contribution in [0.5, 0.6) is 0 Å². The monoisotopic (exact) mass is 465 g/mol. The molecular formula is C21H28ClN5O3S. The van der Waals surface area contributed by atoms with Crippen molar-refractivity contribution >= 4 is 27.5 Å². The zero-order chi connectivity index (χ0) is 22.0. The summed E-state index contributed by atoms with van der Waals surface area (Å²) >= 11 is 5.95. The number of rotatable bonds is 5. The summed E-state index contributed by atoms with van der Waals surface area (Å²) in [4.78, 5) is 17.5. The SMILES string of the molecule is Cn1cc(S(=O)(=O)N2CCCC(C(=O)N3CCN(Cc4ccc(Cl)cc4)CC3)C2)cn1. The molecule has 2 aromatic rings. The molecule has 0 bridgehead atoms. The highest BCUT2D eigenvalue weighted by Crippen LogP contribution is 2.25. The number of nitrogens with zero attached hydrogens (tertiary/aromatic N) is 5. The zero-order valence-electron chi connectivity index (χ0n) is 17.7. The van der Waals surface area contributed by atoms with Gasteiger partial charge in [0, 0.05) is 64.1 Å². The number of piperidine rings is 1. The molecule has 1 amide bonds. The third kappa shape index (κ3) is 5.11. The molecule has 8 nitrogen and oxygen atoms in total. The third-order valence-corrected chi connectivity index (χ3v) is 8.13. The normalized spacial score (nSPS) is 21.4. The molecule has 1 atom stereocenters. The lowest BCUT2D eigenvalue weighted by atomic mass is 9.97. The van der Waals surface area contributed by atoms with Gasteiger partial charge in [-0.1, -0.05) is 23.7 Å². The lowest BCUT2D eigenvalue weighted by molar-refractivity contribution is -0.138. The lowest BCUT2D eigenvalue weighted by Crippen LogP contribution is -2.52. The molecule has 10 heteroatoms. The van der Waals surface area contributed by atoms with Crippen molar-refractivity contribution in [2.24, 2.45) is 13.0 Å². The summed E-state index contributed by atoms with van der Waals surface area (Å²) in [7, 11) is -1.93. The first-order valence-electron chi connectivity index (χ1n) is 10.6. The fourth-order valence-corrected chi connectivity index (χ4v) is 5.91. The largest absolute Gasteiger partial charge is 0.340 e. The summed E-state index contributed by atoms with van der Waals surface area (Å²) in [5, 5.41) is 4.70. The van der Waals surface area contributed by atoms with Crippen LogP contribution in [-0.4, -0.2) is 77.5 Å². The van der Waals surface area contributed by atoms with Crippen LogP contribution in [0.15, 0.2) is 41.6 Å². The summed E-state index contributed by atoms with van der Waals surface area (Å²) in [6.45, 7) is 4.45. The van der Waals surface area contributed by atoms with Crippen molar-refractivity contribution in [2.75, 3.05) is 39.3 Å². The number of carbonyl (C=O) groups excluding carboxylic acids is 1. The number of carbonyl (C=O) groups is 1. The van der Waals surface area contributed by atoms with E-state index in [0.717, 1.165) is 31.1 Å². The minimum Gasteiger partial charge on any atom is -0.340 e. The number of piperazine rings is 1. The maximum Gasteiger partial charge on any atom is 0.246 e. The van der Waals surface area contributed by atoms with E-state index < -0.39 is 10.0 Å². The number of hydrogen-bond acceptors (Lipinski definition) is 5. The Bertz CT molecular complexity index is 1020. The minimum absolute atomic E-state index is 0.0669. The molecular weight excluding hydrogens is 438 g/mol. The molecule has 0 aliphatic carbocycles. The molecule has 168 valence electrons. The molecule has 2 aliphatic heterocycles. The van der Waals surface area contributed by atoms with Crippen molar-refractivity contribution in [3.63, 3.8) is 0 Å². The molecule has 4 rings (SSSR count). The van der Waals surface area contributed by atoms with Crippen LogP contribution in [0, 0.1) is 5.92 Å². The van der Waals surface area contributed by atoms with Gasteiger partial charge in [0.25, 0.3) is 0 Å². The first kappa shape index (κ1) is 22.3. The quantitative estimate of drug-likeness (QED) is 0.673. The Morgan fingerprint density at radius 3 is 2.48 bits per heavy atom. The summed E-state index contributed by atoms with van der Waals surface area (Å²) in [5.41, 5.74) is 1.20. The Morgan fingerprint density at radius 2 is 1.84 bits per heavy atom. The van der Waals surface area contributed by atoms with Gasteiger partial charge in [-0.3, -0.25) is 14.4 Å². The second-order valence-electron chi connectivity index (χ2n) is 8.28. The van der Waals surface area contributed by atoms with E-state index in [1.165, 1.54) is 26.9 Å². The molecule has 0 saturated carbocycles. The van der Waals surface area contributed by atoms with Crippen molar-refractivity contribution in [2.45, 2.75) is 24.3 Å². The van der Waals surface area contributed by atoms with Gasteiger partial charge in [-0.05, 0) is 30.5 Å². The molecule has 0 radical (unpaired) electrons. The molecule has 2 fully saturated rings. The first-order valence-corrected chi connectivity index (χ1v) is 12.4. The molecule has 31 heavy (non-hydrogen) atoms. The van der Waals surface area contributed by atoms with Crippen LogP contribution in [0.2, 0.25) is 5.02 Å². The molecule has 2 aliphatic rings. The van der Waals surface area contributed by atoms with Gasteiger partial charge in [0.05, 0.1) is 12.1 Å². The van der Waals surface area contributed by atoms with Gasteiger partial charge in [-0.2, -0.15) is 9.40 Å². The minimum atomic E-state index is -3.62. The van der Waals surface area contributed by atoms with Gasteiger partial charge >= 0.3 is 0 Å². The number of hydrogen-bond donors (Lipinski definition) is 0. The van der Waals surface area contributed by atoms with E-state index in [1.807, 2.05) is 29.2 Å². The van der Waals surface area contributed by atoms with E-state index >= 15 is 0 Å². The fraction of sp³-hybridized carbons (Fsp3) is 0.524. The summed E-state index contributed by atoms with van der Waals surface area (Å²) in [6.07, 6.45) is 4.27. The molecule has 1 unspecified atom stereocenters. The van der Waals surface area contributed by atoms with Crippen LogP contribution in [0.4, 0.5) is 0 Å². The highest BCUT2D eigenvalue weighted by molar-refractivity contribution is 7.89. The average Bonchev–Trinajstić information content (AvgIpc) is 3.23. The van der Waals surface area contributed by atoms with E-state index in [2.05, 4.69) is 10.00 Å². The lowest BCUT2D eigenvalue weighted by Gasteiger charge is -2.38. The molecule has 3 heterocycles. The average molecular weight is 466 g/mol. The predicted molar refractivity (Wildman–Crippen MR) is 118 cm³/mol. The second-order valence-corrected chi connectivity index (χ2v) is 10.7. The summed E-state index contributed by atoms with van der Waals surface area (Å²) in [6, 6.07) is 7.84. The first-order chi connectivity index (χ1) is 14.8. The van der Waals surface area contributed by atoms with Crippen molar-refractivity contribution in [3.05, 3.63) is 47.2 Å². The number of aryl methyl sites for hydroxylation is 1. The summed E-state index contributed by atoms with van der Waals surface area (Å²) < 4.78 is 28.7. The van der Waals surface area contributed by atoms with Crippen LogP contribution in [-0.2, 0) is 28.4 Å². The van der Waals surface area contributed by atoms with Gasteiger partial charge < -0.3 is 4.90 Å². The molecule has 1 aromatic heterocycles. The van der Waals surface area contributed by atoms with Gasteiger partial charge in [0.2, 0.25) is 15.9 Å². The number of aromatic nitrogens is 2. The number of benzene rings is 1. The molecule has 1 aromatic carbocycles. The molecule has 0 spiro atoms. The van der Waals surface area contributed by atoms with Crippen molar-refractivity contribution in [1.29, 1.82) is 0 Å². The summed E-state index contributed by atoms with van der Waals surface area (Å²) in [5.74, 6) is -0.222. The second kappa shape index (κ2) is 9.28. The Kier molecular flexibility index (Phi) is 6.66. The Balaban J connectivity index is 1.33. The van der Waals surface area contributed by atoms with Crippen LogP contribution < -0.4 is 0 Å². The van der Waals surface area contributed by atoms with Crippen molar-refractivity contribution in [1.82, 2.24) is 23.9 Å². The van der Waals surface area contributed by atoms with Gasteiger partial charge in [0.1, 0.15) is 4.90 Å². The van der Waals surface area contributed by atoms with Crippen molar-refractivity contribution in [3.8, 4) is 0 Å². The maximum absolute atomic E-state index is 13.1. The number of amides is 1. The number of halogens is 1. The van der Waals surface area contributed by atoms with Crippen LogP contribution in [0.1, 0.15) is 18.4 Å². The maximum atomic E-state index is 13.1. The topological polar surface area (TPSA) is 78.8 Å². The molecule has 0 N–H and O–H groups in total. The van der Waals surface area contributed by atoms with Crippen LogP contribution in [0.25, 0.3) is 0 Å². The highest BCUT2D eigenvalue weighted by Gasteiger charge is 2.36. The van der Waals surface area contributed by atoms with Gasteiger partial charge in [0.15, 0.2) is 0 Å². The fourth-order valence-electron chi connectivity index (χ4n) is 4.28. The van der Waals surface area contributed by atoms with Gasteiger partial charge in [-0.25, -0.2) is 8.42 Å². The highest BCUT2D eigenvalue weighted by atomic mass is 35.5. The van der Waals surface area contributed by atoms with E-state index in [0.29, 0.717) is 26.1 Å². The van der Waals surface area contributed by atoms with Gasteiger partial charge in [-0.15, -0.1) is 0 Å². The van der Waals surface area contributed by atoms with E-state index in [1.54, 1.807) is 7.05 Å². The van der Waals surface area contributed by atoms with E-state index in [-0.39, 0.29) is 23.3 Å². The van der Waals surface area contributed by atoms with Crippen LogP contribution >= 0.6 is 11.6 Å². The standard InChI is InChI=1S/C21H28ClN5O3S/c1-24-16-20(13-23-24)31(29,30)27-8-2-3-18(15-27)21(28)26-11-9-25(10-12-26)14-17-4-6-19(22)7-5-17/h4-7,13,16,18H,2-3,8-12,14-15H2,1H3.